The number of hydroxylamine groups is 2. The molecule has 1 fully saturated rings. The van der Waals surface area contributed by atoms with Crippen molar-refractivity contribution in [2.24, 2.45) is 0 Å². The molecule has 1 aromatic rings. The highest BCUT2D eigenvalue weighted by Gasteiger charge is 2.38. The minimum Gasteiger partial charge on any atom is -0.444 e. The van der Waals surface area contributed by atoms with Gasteiger partial charge in [0.25, 0.3) is 0 Å². The lowest BCUT2D eigenvalue weighted by Gasteiger charge is -2.35. The van der Waals surface area contributed by atoms with Gasteiger partial charge in [-0.2, -0.15) is 5.06 Å². The van der Waals surface area contributed by atoms with Crippen LogP contribution in [0.25, 0.3) is 0 Å². The molecule has 0 radical (unpaired) electrons. The molecule has 132 valence electrons. The van der Waals surface area contributed by atoms with Crippen molar-refractivity contribution >= 4 is 6.09 Å². The third-order valence-electron chi connectivity index (χ3n) is 4.09. The number of likely N-dealkylation sites (tertiary alicyclic amines) is 1. The number of nitrogens with zero attached hydrogens (tertiary/aromatic N) is 2. The van der Waals surface area contributed by atoms with Crippen LogP contribution in [0, 0.1) is 0 Å². The van der Waals surface area contributed by atoms with Gasteiger partial charge in [0.05, 0.1) is 12.1 Å². The number of hydrogen-bond acceptors (Lipinski definition) is 4. The molecule has 0 spiro atoms. The van der Waals surface area contributed by atoms with Crippen molar-refractivity contribution in [3.05, 3.63) is 48.6 Å². The van der Waals surface area contributed by atoms with Gasteiger partial charge in [0, 0.05) is 13.1 Å². The predicted octanol–water partition coefficient (Wildman–Crippen LogP) is 3.83. The van der Waals surface area contributed by atoms with Gasteiger partial charge in [-0.1, -0.05) is 36.4 Å². The summed E-state index contributed by atoms with van der Waals surface area (Å²) in [4.78, 5) is 14.2. The van der Waals surface area contributed by atoms with Crippen LogP contribution in [-0.4, -0.2) is 45.5 Å². The number of carbonyl (C=O) groups is 1. The molecule has 1 aliphatic heterocycles. The highest BCUT2D eigenvalue weighted by atomic mass is 16.6. The van der Waals surface area contributed by atoms with E-state index >= 15 is 0 Å². The van der Waals surface area contributed by atoms with E-state index in [0.717, 1.165) is 18.4 Å². The average molecular weight is 332 g/mol. The Balaban J connectivity index is 2.07. The van der Waals surface area contributed by atoms with Crippen LogP contribution in [0.1, 0.15) is 39.2 Å². The Morgan fingerprint density at radius 1 is 1.46 bits per heavy atom. The first-order chi connectivity index (χ1) is 11.3. The van der Waals surface area contributed by atoms with Gasteiger partial charge in [-0.15, -0.1) is 6.58 Å². The number of amides is 1. The van der Waals surface area contributed by atoms with Gasteiger partial charge in [-0.25, -0.2) is 4.79 Å². The molecule has 1 amide bonds. The van der Waals surface area contributed by atoms with Crippen LogP contribution in [0.2, 0.25) is 0 Å². The lowest BCUT2D eigenvalue weighted by molar-refractivity contribution is -0.136. The van der Waals surface area contributed by atoms with Gasteiger partial charge in [0.1, 0.15) is 5.60 Å². The first-order valence-electron chi connectivity index (χ1n) is 8.43. The number of hydrogen-bond donors (Lipinski definition) is 1. The van der Waals surface area contributed by atoms with E-state index in [9.17, 15) is 10.0 Å². The maximum absolute atomic E-state index is 12.4. The molecular formula is C19H28N2O3. The minimum atomic E-state index is -0.531. The summed E-state index contributed by atoms with van der Waals surface area (Å²) in [7, 11) is 0. The maximum Gasteiger partial charge on any atom is 0.410 e. The summed E-state index contributed by atoms with van der Waals surface area (Å²) in [5.74, 6) is 0. The lowest BCUT2D eigenvalue weighted by Crippen LogP contribution is -2.49. The summed E-state index contributed by atoms with van der Waals surface area (Å²) in [5.41, 5.74) is 0.477. The van der Waals surface area contributed by atoms with Gasteiger partial charge >= 0.3 is 6.09 Å². The molecule has 1 N–H and O–H groups in total. The number of carbonyl (C=O) groups excluding carboxylic acids is 1. The average Bonchev–Trinajstić information content (AvgIpc) is 2.96. The van der Waals surface area contributed by atoms with Crippen molar-refractivity contribution in [1.82, 2.24) is 9.96 Å². The smallest absolute Gasteiger partial charge is 0.410 e. The van der Waals surface area contributed by atoms with Crippen molar-refractivity contribution in [3.63, 3.8) is 0 Å². The number of rotatable bonds is 5. The lowest BCUT2D eigenvalue weighted by atomic mass is 10.0. The van der Waals surface area contributed by atoms with Crippen LogP contribution in [0.5, 0.6) is 0 Å². The minimum absolute atomic E-state index is 0.133. The summed E-state index contributed by atoms with van der Waals surface area (Å²) in [6.07, 6.45) is 3.09. The maximum atomic E-state index is 12.4. The van der Waals surface area contributed by atoms with E-state index in [1.54, 1.807) is 11.0 Å². The number of benzene rings is 1. The molecule has 1 aliphatic rings. The first-order valence-corrected chi connectivity index (χ1v) is 8.43. The van der Waals surface area contributed by atoms with Crippen LogP contribution in [0.3, 0.4) is 0 Å². The largest absolute Gasteiger partial charge is 0.444 e. The van der Waals surface area contributed by atoms with Crippen LogP contribution in [-0.2, 0) is 11.3 Å². The zero-order chi connectivity index (χ0) is 17.7. The Morgan fingerprint density at radius 3 is 2.71 bits per heavy atom. The third-order valence-corrected chi connectivity index (χ3v) is 4.09. The molecule has 0 unspecified atom stereocenters. The Kier molecular flexibility index (Phi) is 6.02. The van der Waals surface area contributed by atoms with Crippen LogP contribution in [0.15, 0.2) is 43.0 Å². The van der Waals surface area contributed by atoms with Crippen molar-refractivity contribution in [2.45, 2.75) is 57.8 Å². The Morgan fingerprint density at radius 2 is 2.12 bits per heavy atom. The summed E-state index contributed by atoms with van der Waals surface area (Å²) < 4.78 is 5.50. The predicted molar refractivity (Wildman–Crippen MR) is 93.7 cm³/mol. The SMILES string of the molecule is C=C[C@H]([C@H]1CCCN1C(=O)OC(C)(C)C)N(O)Cc1ccccc1. The van der Waals surface area contributed by atoms with Crippen LogP contribution >= 0.6 is 0 Å². The van der Waals surface area contributed by atoms with Gasteiger partial charge in [-0.05, 0) is 39.2 Å². The van der Waals surface area contributed by atoms with E-state index in [4.69, 9.17) is 4.74 Å². The van der Waals surface area contributed by atoms with Gasteiger partial charge in [0.2, 0.25) is 0 Å². The van der Waals surface area contributed by atoms with Crippen LogP contribution in [0.4, 0.5) is 4.79 Å². The van der Waals surface area contributed by atoms with Crippen molar-refractivity contribution in [3.8, 4) is 0 Å². The van der Waals surface area contributed by atoms with Gasteiger partial charge in [0.15, 0.2) is 0 Å². The zero-order valence-corrected chi connectivity index (χ0v) is 14.8. The molecule has 0 aliphatic carbocycles. The van der Waals surface area contributed by atoms with Gasteiger partial charge in [-0.3, -0.25) is 0 Å². The second-order valence-corrected chi connectivity index (χ2v) is 7.19. The summed E-state index contributed by atoms with van der Waals surface area (Å²) >= 11 is 0. The zero-order valence-electron chi connectivity index (χ0n) is 14.8. The summed E-state index contributed by atoms with van der Waals surface area (Å²) in [5, 5.41) is 11.8. The van der Waals surface area contributed by atoms with Crippen molar-refractivity contribution in [2.75, 3.05) is 6.54 Å². The van der Waals surface area contributed by atoms with E-state index < -0.39 is 5.60 Å². The quantitative estimate of drug-likeness (QED) is 0.658. The fourth-order valence-electron chi connectivity index (χ4n) is 3.05. The first kappa shape index (κ1) is 18.5. The molecule has 0 aromatic heterocycles. The normalized spacial score (nSPS) is 19.4. The fraction of sp³-hybridized carbons (Fsp3) is 0.526. The molecule has 24 heavy (non-hydrogen) atoms. The molecule has 0 bridgehead atoms. The monoisotopic (exact) mass is 332 g/mol. The molecule has 1 aromatic carbocycles. The molecule has 5 nitrogen and oxygen atoms in total. The number of ether oxygens (including phenoxy) is 1. The van der Waals surface area contributed by atoms with E-state index in [1.165, 1.54) is 5.06 Å². The fourth-order valence-corrected chi connectivity index (χ4v) is 3.05. The van der Waals surface area contributed by atoms with Crippen molar-refractivity contribution < 1.29 is 14.7 Å². The third kappa shape index (κ3) is 4.82. The molecule has 2 atom stereocenters. The molecule has 5 heteroatoms. The molecule has 1 saturated heterocycles. The topological polar surface area (TPSA) is 53.0 Å². The summed E-state index contributed by atoms with van der Waals surface area (Å²) in [6, 6.07) is 9.28. The van der Waals surface area contributed by atoms with Crippen molar-refractivity contribution in [1.29, 1.82) is 0 Å². The standard InChI is InChI=1S/C19H28N2O3/c1-5-16(21(23)14-15-10-7-6-8-11-15)17-12-9-13-20(17)18(22)24-19(2,3)4/h5-8,10-11,16-17,23H,1,9,12-14H2,2-4H3/t16-,17-/m1/s1. The second kappa shape index (κ2) is 7.81. The Bertz CT molecular complexity index is 553. The molecule has 1 heterocycles. The summed E-state index contributed by atoms with van der Waals surface area (Å²) in [6.45, 7) is 10.5. The van der Waals surface area contributed by atoms with E-state index in [2.05, 4.69) is 6.58 Å². The van der Waals surface area contributed by atoms with E-state index in [-0.39, 0.29) is 18.2 Å². The van der Waals surface area contributed by atoms with Crippen LogP contribution < -0.4 is 0 Å². The molecular weight excluding hydrogens is 304 g/mol. The highest BCUT2D eigenvalue weighted by molar-refractivity contribution is 5.69. The Hall–Kier alpha value is -1.85. The Labute approximate surface area is 144 Å². The molecule has 0 saturated carbocycles. The van der Waals surface area contributed by atoms with E-state index in [1.807, 2.05) is 51.1 Å². The van der Waals surface area contributed by atoms with E-state index in [0.29, 0.717) is 13.1 Å². The van der Waals surface area contributed by atoms with Gasteiger partial charge < -0.3 is 14.8 Å². The molecule has 2 rings (SSSR count). The highest BCUT2D eigenvalue weighted by Crippen LogP contribution is 2.26. The second-order valence-electron chi connectivity index (χ2n) is 7.19.